The van der Waals surface area contributed by atoms with Crippen LogP contribution in [0.25, 0.3) is 5.70 Å². The SMILES string of the molecule is C#CCOc1ccc(C2=[C-]C=C(C#C)C(=C)N2CC(F)F)cc1.[Y]. The molecule has 1 radical (unpaired) electrons. The molecule has 0 saturated heterocycles. The number of hydrogen-bond acceptors (Lipinski definition) is 2. The summed E-state index contributed by atoms with van der Waals surface area (Å²) in [6, 6.07) is 6.92. The molecule has 0 N–H and O–H groups in total. The molecule has 0 fully saturated rings. The van der Waals surface area contributed by atoms with Crippen LogP contribution in [0, 0.1) is 30.8 Å². The van der Waals surface area contributed by atoms with Crippen molar-refractivity contribution in [2.75, 3.05) is 13.2 Å². The zero-order chi connectivity index (χ0) is 16.8. The van der Waals surface area contributed by atoms with Crippen molar-refractivity contribution < 1.29 is 46.2 Å². The Balaban J connectivity index is 0.00000288. The maximum absolute atomic E-state index is 12.9. The molecule has 5 heteroatoms. The number of hydrogen-bond donors (Lipinski definition) is 0. The van der Waals surface area contributed by atoms with E-state index in [1.54, 1.807) is 30.3 Å². The zero-order valence-electron chi connectivity index (χ0n) is 12.9. The zero-order valence-corrected chi connectivity index (χ0v) is 15.8. The molecular formula is C19H14F2NOY-. The monoisotopic (exact) mass is 399 g/mol. The van der Waals surface area contributed by atoms with Gasteiger partial charge in [-0.1, -0.05) is 29.3 Å². The average Bonchev–Trinajstić information content (AvgIpc) is 2.55. The van der Waals surface area contributed by atoms with Gasteiger partial charge in [-0.15, -0.1) is 30.9 Å². The third-order valence-electron chi connectivity index (χ3n) is 3.19. The molecule has 0 spiro atoms. The second kappa shape index (κ2) is 9.43. The third kappa shape index (κ3) is 4.81. The van der Waals surface area contributed by atoms with Gasteiger partial charge in [0, 0.05) is 32.7 Å². The summed E-state index contributed by atoms with van der Waals surface area (Å²) in [6.07, 6.45) is 12.5. The number of allylic oxidation sites excluding steroid dienone is 3. The maximum Gasteiger partial charge on any atom is 0.256 e. The molecular weight excluding hydrogens is 385 g/mol. The molecule has 0 aromatic heterocycles. The Labute approximate surface area is 166 Å². The van der Waals surface area contributed by atoms with Crippen molar-refractivity contribution in [1.29, 1.82) is 0 Å². The van der Waals surface area contributed by atoms with Crippen LogP contribution < -0.4 is 4.74 Å². The quantitative estimate of drug-likeness (QED) is 0.555. The molecule has 0 amide bonds. The number of halogens is 2. The van der Waals surface area contributed by atoms with Crippen molar-refractivity contribution >= 4 is 5.70 Å². The molecule has 1 heterocycles. The van der Waals surface area contributed by atoms with Gasteiger partial charge in [-0.2, -0.15) is 12.2 Å². The van der Waals surface area contributed by atoms with E-state index in [1.165, 1.54) is 4.90 Å². The van der Waals surface area contributed by atoms with Gasteiger partial charge in [-0.3, -0.25) is 0 Å². The molecule has 0 unspecified atom stereocenters. The fraction of sp³-hybridized carbons (Fsp3) is 0.158. The molecule has 1 aliphatic rings. The molecule has 2 nitrogen and oxygen atoms in total. The Hall–Kier alpha value is -1.88. The summed E-state index contributed by atoms with van der Waals surface area (Å²) in [5, 5.41) is 0. The number of ether oxygens (including phenoxy) is 1. The topological polar surface area (TPSA) is 12.5 Å². The van der Waals surface area contributed by atoms with Gasteiger partial charge in [0.2, 0.25) is 0 Å². The first kappa shape index (κ1) is 20.2. The fourth-order valence-corrected chi connectivity index (χ4v) is 2.12. The predicted octanol–water partition coefficient (Wildman–Crippen LogP) is 3.49. The molecule has 24 heavy (non-hydrogen) atoms. The van der Waals surface area contributed by atoms with Crippen molar-refractivity contribution in [2.24, 2.45) is 0 Å². The first-order valence-corrected chi connectivity index (χ1v) is 6.78. The average molecular weight is 399 g/mol. The normalized spacial score (nSPS) is 13.4. The Morgan fingerprint density at radius 1 is 1.25 bits per heavy atom. The van der Waals surface area contributed by atoms with E-state index in [1.807, 2.05) is 0 Å². The summed E-state index contributed by atoms with van der Waals surface area (Å²) in [5.41, 5.74) is 1.97. The Kier molecular flexibility index (Phi) is 7.92. The minimum absolute atomic E-state index is 0. The summed E-state index contributed by atoms with van der Waals surface area (Å²) in [4.78, 5) is 1.37. The maximum atomic E-state index is 12.9. The van der Waals surface area contributed by atoms with Gasteiger partial charge >= 0.3 is 0 Å². The molecule has 0 bridgehead atoms. The molecule has 0 saturated carbocycles. The molecule has 1 aromatic rings. The van der Waals surface area contributed by atoms with E-state index in [9.17, 15) is 8.78 Å². The van der Waals surface area contributed by atoms with E-state index in [4.69, 9.17) is 17.6 Å². The Morgan fingerprint density at radius 2 is 1.92 bits per heavy atom. The molecule has 0 atom stereocenters. The van der Waals surface area contributed by atoms with Gasteiger partial charge in [0.1, 0.15) is 12.4 Å². The van der Waals surface area contributed by atoms with Gasteiger partial charge < -0.3 is 9.64 Å². The van der Waals surface area contributed by atoms with Gasteiger partial charge in [-0.25, -0.2) is 8.78 Å². The van der Waals surface area contributed by atoms with Gasteiger partial charge in [-0.05, 0) is 17.8 Å². The molecule has 119 valence electrons. The summed E-state index contributed by atoms with van der Waals surface area (Å²) in [5.74, 6) is 5.39. The van der Waals surface area contributed by atoms with E-state index in [-0.39, 0.29) is 39.3 Å². The van der Waals surface area contributed by atoms with E-state index in [2.05, 4.69) is 24.5 Å². The largest absolute Gasteiger partial charge is 0.481 e. The molecule has 2 rings (SSSR count). The first-order chi connectivity index (χ1) is 11.1. The van der Waals surface area contributed by atoms with Crippen LogP contribution in [-0.2, 0) is 32.7 Å². The van der Waals surface area contributed by atoms with Crippen molar-refractivity contribution in [3.05, 3.63) is 59.8 Å². The van der Waals surface area contributed by atoms with Crippen LogP contribution in [0.15, 0.2) is 48.2 Å². The van der Waals surface area contributed by atoms with Crippen LogP contribution in [-0.4, -0.2) is 24.5 Å². The second-order valence-corrected chi connectivity index (χ2v) is 4.66. The van der Waals surface area contributed by atoms with Crippen LogP contribution in [0.5, 0.6) is 5.75 Å². The Bertz CT molecular complexity index is 736. The van der Waals surface area contributed by atoms with Gasteiger partial charge in [0.05, 0.1) is 6.54 Å². The summed E-state index contributed by atoms with van der Waals surface area (Å²) in [7, 11) is 0. The minimum atomic E-state index is -2.53. The van der Waals surface area contributed by atoms with E-state index < -0.39 is 13.0 Å². The van der Waals surface area contributed by atoms with Crippen LogP contribution in [0.2, 0.25) is 0 Å². The third-order valence-corrected chi connectivity index (χ3v) is 3.19. The van der Waals surface area contributed by atoms with Crippen LogP contribution in [0.4, 0.5) is 8.78 Å². The van der Waals surface area contributed by atoms with E-state index in [0.29, 0.717) is 28.3 Å². The van der Waals surface area contributed by atoms with Gasteiger partial charge in [0.25, 0.3) is 6.43 Å². The summed E-state index contributed by atoms with van der Waals surface area (Å²) >= 11 is 0. The number of rotatable bonds is 5. The van der Waals surface area contributed by atoms with Crippen molar-refractivity contribution in [2.45, 2.75) is 6.43 Å². The van der Waals surface area contributed by atoms with Crippen LogP contribution in [0.1, 0.15) is 5.56 Å². The molecule has 1 aliphatic heterocycles. The number of terminal acetylenes is 2. The number of alkyl halides is 2. The van der Waals surface area contributed by atoms with Crippen molar-refractivity contribution in [3.8, 4) is 30.4 Å². The smallest absolute Gasteiger partial charge is 0.256 e. The van der Waals surface area contributed by atoms with Gasteiger partial charge in [0.15, 0.2) is 0 Å². The standard InChI is InChI=1S/C19H14F2NO.Y/c1-4-12-23-17-9-6-16(7-10-17)18-11-8-15(5-2)14(3)22(18)13-19(20)21;/h1-2,6-10,19H,3,12-13H2;/q-1;. The number of benzene rings is 1. The summed E-state index contributed by atoms with van der Waals surface area (Å²) in [6.45, 7) is 3.47. The molecule has 0 aliphatic carbocycles. The van der Waals surface area contributed by atoms with Crippen molar-refractivity contribution in [1.82, 2.24) is 4.90 Å². The Morgan fingerprint density at radius 3 is 2.46 bits per heavy atom. The van der Waals surface area contributed by atoms with Crippen LogP contribution in [0.3, 0.4) is 0 Å². The summed E-state index contributed by atoms with van der Waals surface area (Å²) < 4.78 is 31.1. The van der Waals surface area contributed by atoms with Crippen LogP contribution >= 0.6 is 0 Å². The van der Waals surface area contributed by atoms with E-state index in [0.717, 1.165) is 0 Å². The molecule has 1 aromatic carbocycles. The fourth-order valence-electron chi connectivity index (χ4n) is 2.12. The second-order valence-electron chi connectivity index (χ2n) is 4.66. The van der Waals surface area contributed by atoms with E-state index >= 15 is 0 Å². The predicted molar refractivity (Wildman–Crippen MR) is 86.2 cm³/mol. The first-order valence-electron chi connectivity index (χ1n) is 6.78. The number of nitrogens with zero attached hydrogens (tertiary/aromatic N) is 1. The minimum Gasteiger partial charge on any atom is -0.481 e. The van der Waals surface area contributed by atoms with Crippen molar-refractivity contribution in [3.63, 3.8) is 0 Å².